The summed E-state index contributed by atoms with van der Waals surface area (Å²) in [5, 5.41) is 17.7. The number of thiocarbonyl (C=S) groups is 1. The number of furan rings is 1. The molecule has 1 aliphatic heterocycles. The Bertz CT molecular complexity index is 903. The van der Waals surface area contributed by atoms with E-state index in [1.165, 1.54) is 21.8 Å². The Kier molecular flexibility index (Phi) is 5.62. The van der Waals surface area contributed by atoms with Crippen LogP contribution in [0.25, 0.3) is 6.08 Å². The normalized spacial score (nSPS) is 15.6. The third-order valence-corrected chi connectivity index (χ3v) is 4.12. The third kappa shape index (κ3) is 4.38. The molecule has 0 bridgehead atoms. The van der Waals surface area contributed by atoms with E-state index in [2.05, 4.69) is 10.4 Å². The van der Waals surface area contributed by atoms with E-state index in [9.17, 15) is 14.9 Å². The molecule has 142 valence electrons. The Morgan fingerprint density at radius 1 is 1.44 bits per heavy atom. The van der Waals surface area contributed by atoms with Crippen molar-refractivity contribution in [3.63, 3.8) is 0 Å². The highest BCUT2D eigenvalue weighted by molar-refractivity contribution is 7.80. The standard InChI is InChI=1S/C16H17N5O5S/c1-25-8-2-6-20-15(22)13(17-16(20)27)9-11-3-4-12(26-11)10-19-7-5-14(18-19)21(23)24/h3-5,7,9H,2,6,8,10H2,1H3,(H,17,27)/b13-9+. The molecule has 0 unspecified atom stereocenters. The lowest BCUT2D eigenvalue weighted by Crippen LogP contribution is -2.32. The molecule has 0 radical (unpaired) electrons. The van der Waals surface area contributed by atoms with E-state index in [0.717, 1.165) is 0 Å². The second kappa shape index (κ2) is 8.10. The summed E-state index contributed by atoms with van der Waals surface area (Å²) in [6.45, 7) is 1.25. The number of amides is 1. The van der Waals surface area contributed by atoms with Gasteiger partial charge in [0, 0.05) is 26.3 Å². The SMILES string of the molecule is COCCCN1C(=O)/C(=C\c2ccc(Cn3ccc([N+](=O)[O-])n3)o2)NC1=S. The van der Waals surface area contributed by atoms with Crippen molar-refractivity contribution in [2.45, 2.75) is 13.0 Å². The van der Waals surface area contributed by atoms with Gasteiger partial charge in [-0.05, 0) is 35.7 Å². The number of carbonyl (C=O) groups is 1. The monoisotopic (exact) mass is 391 g/mol. The van der Waals surface area contributed by atoms with Gasteiger partial charge in [0.2, 0.25) is 0 Å². The van der Waals surface area contributed by atoms with Crippen LogP contribution in [0.5, 0.6) is 0 Å². The fourth-order valence-corrected chi connectivity index (χ4v) is 2.82. The smallest absolute Gasteiger partial charge is 0.389 e. The van der Waals surface area contributed by atoms with Gasteiger partial charge in [-0.3, -0.25) is 9.69 Å². The highest BCUT2D eigenvalue weighted by Crippen LogP contribution is 2.17. The van der Waals surface area contributed by atoms with E-state index in [1.54, 1.807) is 25.3 Å². The summed E-state index contributed by atoms with van der Waals surface area (Å²) in [6.07, 6.45) is 3.75. The number of ether oxygens (including phenoxy) is 1. The third-order valence-electron chi connectivity index (χ3n) is 3.79. The second-order valence-corrected chi connectivity index (χ2v) is 6.11. The van der Waals surface area contributed by atoms with Crippen LogP contribution in [0.1, 0.15) is 17.9 Å². The number of aromatic nitrogens is 2. The zero-order valence-electron chi connectivity index (χ0n) is 14.5. The number of nitro groups is 1. The molecule has 10 nitrogen and oxygen atoms in total. The van der Waals surface area contributed by atoms with Gasteiger partial charge >= 0.3 is 5.82 Å². The van der Waals surface area contributed by atoms with Crippen molar-refractivity contribution < 1.29 is 18.9 Å². The predicted molar refractivity (Wildman–Crippen MR) is 98.6 cm³/mol. The van der Waals surface area contributed by atoms with Crippen LogP contribution in [0.2, 0.25) is 0 Å². The van der Waals surface area contributed by atoms with Gasteiger partial charge in [-0.25, -0.2) is 0 Å². The predicted octanol–water partition coefficient (Wildman–Crippen LogP) is 1.53. The van der Waals surface area contributed by atoms with Crippen LogP contribution in [0.4, 0.5) is 5.82 Å². The molecule has 1 amide bonds. The van der Waals surface area contributed by atoms with Crippen LogP contribution in [-0.4, -0.2) is 50.9 Å². The number of carbonyl (C=O) groups excluding carboxylic acids is 1. The van der Waals surface area contributed by atoms with Crippen LogP contribution < -0.4 is 5.32 Å². The largest absolute Gasteiger partial charge is 0.460 e. The fraction of sp³-hybridized carbons (Fsp3) is 0.312. The van der Waals surface area contributed by atoms with Crippen molar-refractivity contribution in [3.05, 3.63) is 51.7 Å². The van der Waals surface area contributed by atoms with Crippen LogP contribution in [0, 0.1) is 10.1 Å². The maximum absolute atomic E-state index is 12.4. The molecule has 3 rings (SSSR count). The summed E-state index contributed by atoms with van der Waals surface area (Å²) < 4.78 is 12.0. The van der Waals surface area contributed by atoms with Crippen LogP contribution in [0.15, 0.2) is 34.5 Å². The zero-order chi connectivity index (χ0) is 19.4. The lowest BCUT2D eigenvalue weighted by Gasteiger charge is -2.12. The summed E-state index contributed by atoms with van der Waals surface area (Å²) in [5.74, 6) is 0.553. The molecule has 11 heteroatoms. The average Bonchev–Trinajstić information content (AvgIpc) is 3.32. The van der Waals surface area contributed by atoms with Gasteiger partial charge < -0.3 is 24.6 Å². The first-order valence-electron chi connectivity index (χ1n) is 8.08. The van der Waals surface area contributed by atoms with E-state index in [1.807, 2.05) is 0 Å². The van der Waals surface area contributed by atoms with Crippen molar-refractivity contribution in [3.8, 4) is 0 Å². The highest BCUT2D eigenvalue weighted by atomic mass is 32.1. The molecule has 1 saturated heterocycles. The van der Waals surface area contributed by atoms with E-state index in [0.29, 0.717) is 41.9 Å². The molecule has 0 spiro atoms. The molecule has 27 heavy (non-hydrogen) atoms. The number of hydrogen-bond acceptors (Lipinski definition) is 7. The molecule has 0 atom stereocenters. The number of nitrogens with one attached hydrogen (secondary N) is 1. The van der Waals surface area contributed by atoms with Gasteiger partial charge in [0.05, 0.1) is 17.4 Å². The molecule has 1 N–H and O–H groups in total. The molecule has 2 aromatic heterocycles. The summed E-state index contributed by atoms with van der Waals surface area (Å²) in [7, 11) is 1.60. The quantitative estimate of drug-likeness (QED) is 0.237. The van der Waals surface area contributed by atoms with Gasteiger partial charge in [-0.2, -0.15) is 4.68 Å². The first kappa shape index (κ1) is 18.7. The van der Waals surface area contributed by atoms with Gasteiger partial charge in [0.15, 0.2) is 5.11 Å². The van der Waals surface area contributed by atoms with Gasteiger partial charge in [0.1, 0.15) is 23.8 Å². The Hall–Kier alpha value is -3.05. The first-order valence-corrected chi connectivity index (χ1v) is 8.49. The summed E-state index contributed by atoms with van der Waals surface area (Å²) in [4.78, 5) is 24.0. The minimum atomic E-state index is -0.562. The van der Waals surface area contributed by atoms with Crippen molar-refractivity contribution in [2.75, 3.05) is 20.3 Å². The van der Waals surface area contributed by atoms with Crippen LogP contribution in [-0.2, 0) is 16.1 Å². The molecule has 0 aliphatic carbocycles. The minimum absolute atomic E-state index is 0.225. The lowest BCUT2D eigenvalue weighted by molar-refractivity contribution is -0.389. The average molecular weight is 391 g/mol. The molecular formula is C16H17N5O5S. The van der Waals surface area contributed by atoms with Crippen molar-refractivity contribution >= 4 is 35.1 Å². The Morgan fingerprint density at radius 3 is 2.96 bits per heavy atom. The second-order valence-electron chi connectivity index (χ2n) is 5.72. The topological polar surface area (TPSA) is 116 Å². The number of nitrogens with zero attached hydrogens (tertiary/aromatic N) is 4. The molecule has 3 heterocycles. The van der Waals surface area contributed by atoms with E-state index >= 15 is 0 Å². The molecule has 0 saturated carbocycles. The molecule has 1 fully saturated rings. The molecular weight excluding hydrogens is 374 g/mol. The van der Waals surface area contributed by atoms with E-state index in [4.69, 9.17) is 21.4 Å². The van der Waals surface area contributed by atoms with E-state index < -0.39 is 4.92 Å². The fourth-order valence-electron chi connectivity index (χ4n) is 2.54. The van der Waals surface area contributed by atoms with Crippen LogP contribution in [0.3, 0.4) is 0 Å². The number of methoxy groups -OCH3 is 1. The maximum Gasteiger partial charge on any atom is 0.389 e. The van der Waals surface area contributed by atoms with Crippen molar-refractivity contribution in [1.29, 1.82) is 0 Å². The summed E-state index contributed by atoms with van der Waals surface area (Å²) >= 11 is 5.19. The highest BCUT2D eigenvalue weighted by Gasteiger charge is 2.30. The summed E-state index contributed by atoms with van der Waals surface area (Å²) in [5.41, 5.74) is 0.327. The zero-order valence-corrected chi connectivity index (χ0v) is 15.3. The van der Waals surface area contributed by atoms with Gasteiger partial charge in [-0.1, -0.05) is 0 Å². The Labute approximate surface area is 159 Å². The maximum atomic E-state index is 12.4. The van der Waals surface area contributed by atoms with E-state index in [-0.39, 0.29) is 18.3 Å². The molecule has 1 aliphatic rings. The Balaban J connectivity index is 1.66. The van der Waals surface area contributed by atoms with Gasteiger partial charge in [-0.15, -0.1) is 0 Å². The number of hydrogen-bond donors (Lipinski definition) is 1. The summed E-state index contributed by atoms with van der Waals surface area (Å²) in [6, 6.07) is 4.73. The first-order chi connectivity index (χ1) is 13.0. The van der Waals surface area contributed by atoms with Crippen LogP contribution >= 0.6 is 12.2 Å². The minimum Gasteiger partial charge on any atom is -0.460 e. The Morgan fingerprint density at radius 2 is 2.26 bits per heavy atom. The van der Waals surface area contributed by atoms with Crippen molar-refractivity contribution in [2.24, 2.45) is 0 Å². The van der Waals surface area contributed by atoms with Crippen molar-refractivity contribution in [1.82, 2.24) is 20.0 Å². The lowest BCUT2D eigenvalue weighted by atomic mass is 10.3. The molecule has 0 aromatic carbocycles. The molecule has 2 aromatic rings. The number of rotatable bonds is 8. The van der Waals surface area contributed by atoms with Gasteiger partial charge in [0.25, 0.3) is 5.91 Å².